The van der Waals surface area contributed by atoms with Gasteiger partial charge in [-0.2, -0.15) is 0 Å². The van der Waals surface area contributed by atoms with Crippen molar-refractivity contribution in [3.63, 3.8) is 0 Å². The summed E-state index contributed by atoms with van der Waals surface area (Å²) in [4.78, 5) is 13.4. The fraction of sp³-hybridized carbons (Fsp3) is 0.909. The third-order valence-corrected chi connectivity index (χ3v) is 1.96. The van der Waals surface area contributed by atoms with Crippen LogP contribution in [0.2, 0.25) is 0 Å². The van der Waals surface area contributed by atoms with Crippen molar-refractivity contribution in [1.82, 2.24) is 0 Å². The van der Waals surface area contributed by atoms with Crippen LogP contribution in [0.3, 0.4) is 0 Å². The number of hydrogen-bond acceptors (Lipinski definition) is 2. The van der Waals surface area contributed by atoms with Gasteiger partial charge < -0.3 is 0 Å². The third-order valence-electron chi connectivity index (χ3n) is 1.96. The van der Waals surface area contributed by atoms with Crippen molar-refractivity contribution in [3.05, 3.63) is 0 Å². The zero-order chi connectivity index (χ0) is 10.5. The molecule has 0 fully saturated rings. The van der Waals surface area contributed by atoms with Gasteiger partial charge in [0.2, 0.25) is 6.08 Å². The number of nitrogens with zero attached hydrogens (tertiary/aromatic N) is 1. The first-order valence-electron chi connectivity index (χ1n) is 5.38. The Balaban J connectivity index is 0. The molecule has 0 radical (unpaired) electrons. The number of unbranched alkanes of at least 4 members (excludes halogenated alkanes) is 1. The van der Waals surface area contributed by atoms with Crippen LogP contribution in [0.1, 0.15) is 53.4 Å². The smallest absolute Gasteiger partial charge is 0.211 e. The highest BCUT2D eigenvalue weighted by atomic mass is 16.1. The van der Waals surface area contributed by atoms with E-state index in [2.05, 4.69) is 18.8 Å². The van der Waals surface area contributed by atoms with E-state index in [4.69, 9.17) is 0 Å². The molecule has 0 aliphatic carbocycles. The quantitative estimate of drug-likeness (QED) is 0.459. The zero-order valence-electron chi connectivity index (χ0n) is 9.47. The van der Waals surface area contributed by atoms with Gasteiger partial charge in [0.15, 0.2) is 0 Å². The van der Waals surface area contributed by atoms with Crippen LogP contribution in [-0.2, 0) is 4.79 Å². The molecule has 0 aromatic rings. The Morgan fingerprint density at radius 3 is 2.31 bits per heavy atom. The molecule has 0 saturated heterocycles. The summed E-state index contributed by atoms with van der Waals surface area (Å²) in [6.07, 6.45) is 6.36. The van der Waals surface area contributed by atoms with Crippen molar-refractivity contribution in [3.8, 4) is 0 Å². The van der Waals surface area contributed by atoms with Gasteiger partial charge >= 0.3 is 0 Å². The Morgan fingerprint density at radius 2 is 1.92 bits per heavy atom. The minimum Gasteiger partial charge on any atom is -0.211 e. The second kappa shape index (κ2) is 13.9. The predicted octanol–water partition coefficient (Wildman–Crippen LogP) is 3.56. The lowest BCUT2D eigenvalue weighted by molar-refractivity contribution is 0.460. The van der Waals surface area contributed by atoms with Crippen LogP contribution in [0.15, 0.2) is 4.99 Å². The van der Waals surface area contributed by atoms with Crippen LogP contribution in [0.25, 0.3) is 0 Å². The molecule has 13 heavy (non-hydrogen) atoms. The number of aliphatic imine (C=N–C) groups is 1. The van der Waals surface area contributed by atoms with E-state index in [0.717, 1.165) is 6.42 Å². The van der Waals surface area contributed by atoms with Crippen LogP contribution in [-0.4, -0.2) is 12.6 Å². The van der Waals surface area contributed by atoms with Gasteiger partial charge in [-0.15, -0.1) is 0 Å². The predicted molar refractivity (Wildman–Crippen MR) is 57.6 cm³/mol. The molecule has 78 valence electrons. The maximum atomic E-state index is 9.81. The van der Waals surface area contributed by atoms with Crippen LogP contribution in [0, 0.1) is 5.92 Å². The van der Waals surface area contributed by atoms with Crippen molar-refractivity contribution >= 4 is 6.08 Å². The first kappa shape index (κ1) is 14.9. The van der Waals surface area contributed by atoms with Crippen LogP contribution >= 0.6 is 0 Å². The summed E-state index contributed by atoms with van der Waals surface area (Å²) in [6, 6.07) is 0. The first-order chi connectivity index (χ1) is 6.35. The molecular weight excluding hydrogens is 162 g/mol. The lowest BCUT2D eigenvalue weighted by atomic mass is 10.00. The van der Waals surface area contributed by atoms with Crippen molar-refractivity contribution in [1.29, 1.82) is 0 Å². The SMILES string of the molecule is CC.CCCCC(CC)CN=C=O. The van der Waals surface area contributed by atoms with Gasteiger partial charge in [0.1, 0.15) is 0 Å². The number of isocyanates is 1. The van der Waals surface area contributed by atoms with E-state index in [0.29, 0.717) is 12.5 Å². The molecule has 0 aliphatic rings. The standard InChI is InChI=1S/C9H17NO.C2H6/c1-3-5-6-9(4-2)7-10-8-11;1-2/h9H,3-7H2,1-2H3;1-2H3. The maximum absolute atomic E-state index is 9.81. The second-order valence-corrected chi connectivity index (χ2v) is 2.85. The molecule has 0 amide bonds. The largest absolute Gasteiger partial charge is 0.234 e. The van der Waals surface area contributed by atoms with Crippen LogP contribution in [0.5, 0.6) is 0 Å². The molecule has 0 saturated carbocycles. The average Bonchev–Trinajstić information content (AvgIpc) is 2.21. The van der Waals surface area contributed by atoms with Gasteiger partial charge in [-0.05, 0) is 12.3 Å². The first-order valence-corrected chi connectivity index (χ1v) is 5.38. The highest BCUT2D eigenvalue weighted by Crippen LogP contribution is 2.12. The third kappa shape index (κ3) is 11.4. The van der Waals surface area contributed by atoms with E-state index in [1.807, 2.05) is 13.8 Å². The van der Waals surface area contributed by atoms with Gasteiger partial charge in [0.25, 0.3) is 0 Å². The van der Waals surface area contributed by atoms with E-state index in [-0.39, 0.29) is 0 Å². The van der Waals surface area contributed by atoms with Crippen molar-refractivity contribution in [2.75, 3.05) is 6.54 Å². The van der Waals surface area contributed by atoms with E-state index < -0.39 is 0 Å². The van der Waals surface area contributed by atoms with E-state index in [1.165, 1.54) is 19.3 Å². The van der Waals surface area contributed by atoms with Crippen LogP contribution < -0.4 is 0 Å². The summed E-state index contributed by atoms with van der Waals surface area (Å²) in [7, 11) is 0. The summed E-state index contributed by atoms with van der Waals surface area (Å²) < 4.78 is 0. The van der Waals surface area contributed by atoms with Gasteiger partial charge in [0.05, 0.1) is 6.54 Å². The lowest BCUT2D eigenvalue weighted by Gasteiger charge is -2.08. The lowest BCUT2D eigenvalue weighted by Crippen LogP contribution is -2.02. The minimum absolute atomic E-state index is 0.594. The maximum Gasteiger partial charge on any atom is 0.234 e. The molecule has 0 rings (SSSR count). The molecule has 0 aromatic heterocycles. The highest BCUT2D eigenvalue weighted by Gasteiger charge is 2.03. The normalized spacial score (nSPS) is 10.8. The minimum atomic E-state index is 0.594. The van der Waals surface area contributed by atoms with Crippen molar-refractivity contribution in [2.24, 2.45) is 10.9 Å². The van der Waals surface area contributed by atoms with Crippen LogP contribution in [0.4, 0.5) is 0 Å². The fourth-order valence-electron chi connectivity index (χ4n) is 1.08. The fourth-order valence-corrected chi connectivity index (χ4v) is 1.08. The zero-order valence-corrected chi connectivity index (χ0v) is 9.47. The van der Waals surface area contributed by atoms with Gasteiger partial charge in [-0.3, -0.25) is 0 Å². The Morgan fingerprint density at radius 1 is 1.31 bits per heavy atom. The second-order valence-electron chi connectivity index (χ2n) is 2.85. The molecule has 2 nitrogen and oxygen atoms in total. The van der Waals surface area contributed by atoms with Crippen molar-refractivity contribution < 1.29 is 4.79 Å². The molecule has 0 aliphatic heterocycles. The molecule has 0 heterocycles. The molecule has 2 heteroatoms. The van der Waals surface area contributed by atoms with Gasteiger partial charge in [0, 0.05) is 0 Å². The monoisotopic (exact) mass is 185 g/mol. The topological polar surface area (TPSA) is 29.4 Å². The summed E-state index contributed by atoms with van der Waals surface area (Å²) in [5.41, 5.74) is 0. The van der Waals surface area contributed by atoms with E-state index >= 15 is 0 Å². The molecule has 1 unspecified atom stereocenters. The summed E-state index contributed by atoms with van der Waals surface area (Å²) in [6.45, 7) is 8.98. The number of rotatable bonds is 6. The molecule has 0 aromatic carbocycles. The Bertz CT molecular complexity index is 128. The molecule has 1 atom stereocenters. The van der Waals surface area contributed by atoms with E-state index in [1.54, 1.807) is 6.08 Å². The molecule has 0 spiro atoms. The molecule has 0 N–H and O–H groups in total. The van der Waals surface area contributed by atoms with E-state index in [9.17, 15) is 4.79 Å². The Labute approximate surface area is 82.5 Å². The number of carbonyl (C=O) groups excluding carboxylic acids is 1. The molecule has 0 bridgehead atoms. The highest BCUT2D eigenvalue weighted by molar-refractivity contribution is 5.32. The Kier molecular flexibility index (Phi) is 16.0. The Hall–Kier alpha value is -0.620. The van der Waals surface area contributed by atoms with Gasteiger partial charge in [-0.1, -0.05) is 47.0 Å². The number of hydrogen-bond donors (Lipinski definition) is 0. The molecular formula is C11H23NO. The summed E-state index contributed by atoms with van der Waals surface area (Å²) in [5, 5.41) is 0. The average molecular weight is 185 g/mol. The van der Waals surface area contributed by atoms with Crippen molar-refractivity contribution in [2.45, 2.75) is 53.4 Å². The summed E-state index contributed by atoms with van der Waals surface area (Å²) in [5.74, 6) is 0.594. The van der Waals surface area contributed by atoms with Gasteiger partial charge in [-0.25, -0.2) is 9.79 Å². The summed E-state index contributed by atoms with van der Waals surface area (Å²) >= 11 is 0.